The van der Waals surface area contributed by atoms with Crippen LogP contribution in [0.15, 0.2) is 12.3 Å². The standard InChI is InChI=1S/C18H29N3O2/c1-13(2)12-17-15(8-5-11-23-17)19-18(22)16-9-10-21(20-16)14-6-3-4-7-14/h9-10,13-15,17H,3-8,11-12H2,1-2H3,(H,19,22)/t15-,17+/m0/s1. The summed E-state index contributed by atoms with van der Waals surface area (Å²) >= 11 is 0. The van der Waals surface area contributed by atoms with Crippen LogP contribution < -0.4 is 5.32 Å². The number of nitrogens with zero attached hydrogens (tertiary/aromatic N) is 2. The molecule has 2 fully saturated rings. The molecule has 1 amide bonds. The lowest BCUT2D eigenvalue weighted by molar-refractivity contribution is -0.0186. The Morgan fingerprint density at radius 3 is 2.87 bits per heavy atom. The van der Waals surface area contributed by atoms with Crippen molar-refractivity contribution in [2.75, 3.05) is 6.61 Å². The van der Waals surface area contributed by atoms with E-state index in [0.717, 1.165) is 25.9 Å². The second-order valence-corrected chi connectivity index (χ2v) is 7.38. The first-order valence-corrected chi connectivity index (χ1v) is 9.11. The molecule has 1 aliphatic heterocycles. The Morgan fingerprint density at radius 2 is 2.13 bits per heavy atom. The van der Waals surface area contributed by atoms with Crippen molar-refractivity contribution in [1.82, 2.24) is 15.1 Å². The van der Waals surface area contributed by atoms with E-state index < -0.39 is 0 Å². The highest BCUT2D eigenvalue weighted by Gasteiger charge is 2.29. The van der Waals surface area contributed by atoms with Crippen LogP contribution in [0.4, 0.5) is 0 Å². The van der Waals surface area contributed by atoms with Gasteiger partial charge in [-0.15, -0.1) is 0 Å². The van der Waals surface area contributed by atoms with Crippen molar-refractivity contribution < 1.29 is 9.53 Å². The van der Waals surface area contributed by atoms with Crippen LogP contribution in [0.25, 0.3) is 0 Å². The average molecular weight is 319 g/mol. The van der Waals surface area contributed by atoms with Crippen LogP contribution in [0.2, 0.25) is 0 Å². The minimum atomic E-state index is -0.0639. The summed E-state index contributed by atoms with van der Waals surface area (Å²) in [6.45, 7) is 5.19. The summed E-state index contributed by atoms with van der Waals surface area (Å²) in [5.41, 5.74) is 0.533. The Bertz CT molecular complexity index is 520. The first-order valence-electron chi connectivity index (χ1n) is 9.11. The van der Waals surface area contributed by atoms with Gasteiger partial charge in [-0.05, 0) is 44.1 Å². The number of hydrogen-bond acceptors (Lipinski definition) is 3. The third-order valence-corrected chi connectivity index (χ3v) is 5.00. The van der Waals surface area contributed by atoms with Crippen LogP contribution in [0.1, 0.15) is 75.3 Å². The third kappa shape index (κ3) is 4.14. The van der Waals surface area contributed by atoms with Gasteiger partial charge in [0.2, 0.25) is 0 Å². The highest BCUT2D eigenvalue weighted by molar-refractivity contribution is 5.92. The van der Waals surface area contributed by atoms with E-state index in [9.17, 15) is 4.79 Å². The molecule has 0 unspecified atom stereocenters. The molecule has 2 atom stereocenters. The van der Waals surface area contributed by atoms with Gasteiger partial charge < -0.3 is 10.1 Å². The predicted octanol–water partition coefficient (Wildman–Crippen LogP) is 3.32. The summed E-state index contributed by atoms with van der Waals surface area (Å²) < 4.78 is 7.86. The maximum absolute atomic E-state index is 12.5. The van der Waals surface area contributed by atoms with Crippen LogP contribution in [0.3, 0.4) is 0 Å². The molecule has 128 valence electrons. The summed E-state index contributed by atoms with van der Waals surface area (Å²) in [5.74, 6) is 0.505. The summed E-state index contributed by atoms with van der Waals surface area (Å²) in [5, 5.41) is 7.66. The number of carbonyl (C=O) groups is 1. The minimum absolute atomic E-state index is 0.0639. The molecule has 0 aromatic carbocycles. The molecule has 2 aliphatic rings. The molecule has 1 saturated heterocycles. The van der Waals surface area contributed by atoms with Crippen molar-refractivity contribution in [3.05, 3.63) is 18.0 Å². The molecule has 0 bridgehead atoms. The number of nitrogens with one attached hydrogen (secondary N) is 1. The van der Waals surface area contributed by atoms with Gasteiger partial charge in [0.25, 0.3) is 5.91 Å². The van der Waals surface area contributed by atoms with Gasteiger partial charge in [0.1, 0.15) is 5.69 Å². The molecular weight excluding hydrogens is 290 g/mol. The van der Waals surface area contributed by atoms with E-state index in [1.165, 1.54) is 25.7 Å². The molecule has 1 N–H and O–H groups in total. The molecular formula is C18H29N3O2. The Hall–Kier alpha value is -1.36. The predicted molar refractivity (Wildman–Crippen MR) is 89.4 cm³/mol. The zero-order valence-electron chi connectivity index (χ0n) is 14.3. The first kappa shape index (κ1) is 16.5. The van der Waals surface area contributed by atoms with Crippen LogP contribution in [-0.4, -0.2) is 34.4 Å². The van der Waals surface area contributed by atoms with Gasteiger partial charge in [-0.25, -0.2) is 0 Å². The molecule has 5 nitrogen and oxygen atoms in total. The summed E-state index contributed by atoms with van der Waals surface area (Å²) in [4.78, 5) is 12.5. The molecule has 1 aliphatic carbocycles. The fourth-order valence-electron chi connectivity index (χ4n) is 3.78. The van der Waals surface area contributed by atoms with Crippen LogP contribution in [0.5, 0.6) is 0 Å². The van der Waals surface area contributed by atoms with E-state index in [-0.39, 0.29) is 18.1 Å². The SMILES string of the molecule is CC(C)C[C@H]1OCCC[C@@H]1NC(=O)c1ccn(C2CCCC2)n1. The Labute approximate surface area is 138 Å². The number of amides is 1. The van der Waals surface area contributed by atoms with Gasteiger partial charge in [-0.1, -0.05) is 26.7 Å². The molecule has 0 spiro atoms. The average Bonchev–Trinajstić information content (AvgIpc) is 3.19. The monoisotopic (exact) mass is 319 g/mol. The summed E-state index contributed by atoms with van der Waals surface area (Å²) in [7, 11) is 0. The smallest absolute Gasteiger partial charge is 0.272 e. The van der Waals surface area contributed by atoms with E-state index in [0.29, 0.717) is 17.7 Å². The molecule has 5 heteroatoms. The molecule has 3 rings (SSSR count). The highest BCUT2D eigenvalue weighted by Crippen LogP contribution is 2.28. The first-order chi connectivity index (χ1) is 11.1. The van der Waals surface area contributed by atoms with Crippen molar-refractivity contribution in [3.63, 3.8) is 0 Å². The second kappa shape index (κ2) is 7.47. The van der Waals surface area contributed by atoms with Crippen molar-refractivity contribution >= 4 is 5.91 Å². The summed E-state index contributed by atoms with van der Waals surface area (Å²) in [6.07, 6.45) is 9.96. The molecule has 0 radical (unpaired) electrons. The van der Waals surface area contributed by atoms with Crippen molar-refractivity contribution in [1.29, 1.82) is 0 Å². The Morgan fingerprint density at radius 1 is 1.35 bits per heavy atom. The van der Waals surface area contributed by atoms with Gasteiger partial charge in [0, 0.05) is 12.8 Å². The number of rotatable bonds is 5. The quantitative estimate of drug-likeness (QED) is 0.906. The van der Waals surface area contributed by atoms with Gasteiger partial charge in [0.05, 0.1) is 18.2 Å². The van der Waals surface area contributed by atoms with Crippen LogP contribution in [0, 0.1) is 5.92 Å². The van der Waals surface area contributed by atoms with Gasteiger partial charge in [0.15, 0.2) is 0 Å². The maximum Gasteiger partial charge on any atom is 0.272 e. The van der Waals surface area contributed by atoms with Crippen LogP contribution >= 0.6 is 0 Å². The van der Waals surface area contributed by atoms with E-state index in [2.05, 4.69) is 24.3 Å². The topological polar surface area (TPSA) is 56.1 Å². The number of aromatic nitrogens is 2. The molecule has 2 heterocycles. The Balaban J connectivity index is 1.61. The van der Waals surface area contributed by atoms with E-state index in [4.69, 9.17) is 4.74 Å². The van der Waals surface area contributed by atoms with E-state index in [1.807, 2.05) is 16.9 Å². The van der Waals surface area contributed by atoms with Crippen molar-refractivity contribution in [2.24, 2.45) is 5.92 Å². The van der Waals surface area contributed by atoms with E-state index >= 15 is 0 Å². The summed E-state index contributed by atoms with van der Waals surface area (Å²) in [6, 6.07) is 2.42. The maximum atomic E-state index is 12.5. The molecule has 1 aromatic rings. The van der Waals surface area contributed by atoms with E-state index in [1.54, 1.807) is 0 Å². The normalized spacial score (nSPS) is 25.9. The number of ether oxygens (including phenoxy) is 1. The fraction of sp³-hybridized carbons (Fsp3) is 0.778. The second-order valence-electron chi connectivity index (χ2n) is 7.38. The zero-order chi connectivity index (χ0) is 16.2. The third-order valence-electron chi connectivity index (χ3n) is 5.00. The Kier molecular flexibility index (Phi) is 5.36. The van der Waals surface area contributed by atoms with Gasteiger partial charge in [-0.2, -0.15) is 5.10 Å². The molecule has 1 saturated carbocycles. The lowest BCUT2D eigenvalue weighted by Crippen LogP contribution is -2.47. The lowest BCUT2D eigenvalue weighted by atomic mass is 9.94. The minimum Gasteiger partial charge on any atom is -0.376 e. The highest BCUT2D eigenvalue weighted by atomic mass is 16.5. The van der Waals surface area contributed by atoms with Crippen molar-refractivity contribution in [3.8, 4) is 0 Å². The van der Waals surface area contributed by atoms with Gasteiger partial charge >= 0.3 is 0 Å². The number of carbonyl (C=O) groups excluding carboxylic acids is 1. The van der Waals surface area contributed by atoms with Gasteiger partial charge in [-0.3, -0.25) is 9.48 Å². The fourth-order valence-corrected chi connectivity index (χ4v) is 3.78. The zero-order valence-corrected chi connectivity index (χ0v) is 14.3. The number of hydrogen-bond donors (Lipinski definition) is 1. The largest absolute Gasteiger partial charge is 0.376 e. The van der Waals surface area contributed by atoms with Crippen molar-refractivity contribution in [2.45, 2.75) is 77.0 Å². The molecule has 1 aromatic heterocycles. The molecule has 23 heavy (non-hydrogen) atoms. The van der Waals surface area contributed by atoms with Crippen LogP contribution in [-0.2, 0) is 4.74 Å². The lowest BCUT2D eigenvalue weighted by Gasteiger charge is -2.33.